The summed E-state index contributed by atoms with van der Waals surface area (Å²) in [5.74, 6) is 1.05. The fourth-order valence-corrected chi connectivity index (χ4v) is 4.07. The molecule has 1 aliphatic heterocycles. The van der Waals surface area contributed by atoms with Gasteiger partial charge in [-0.15, -0.1) is 0 Å². The predicted molar refractivity (Wildman–Crippen MR) is 126 cm³/mol. The van der Waals surface area contributed by atoms with E-state index in [2.05, 4.69) is 10.00 Å². The van der Waals surface area contributed by atoms with Crippen molar-refractivity contribution in [2.45, 2.75) is 19.7 Å². The molecule has 0 saturated carbocycles. The van der Waals surface area contributed by atoms with Crippen molar-refractivity contribution in [3.8, 4) is 5.75 Å². The summed E-state index contributed by atoms with van der Waals surface area (Å²) in [5, 5.41) is 5.17. The molecule has 1 aliphatic rings. The minimum absolute atomic E-state index is 0.0507. The number of nitrogens with zero attached hydrogens (tertiary/aromatic N) is 5. The zero-order valence-corrected chi connectivity index (χ0v) is 19.9. The van der Waals surface area contributed by atoms with E-state index < -0.39 is 0 Å². The van der Waals surface area contributed by atoms with Crippen molar-refractivity contribution in [3.05, 3.63) is 75.5 Å². The van der Waals surface area contributed by atoms with Gasteiger partial charge in [-0.3, -0.25) is 9.69 Å². The van der Waals surface area contributed by atoms with E-state index in [-0.39, 0.29) is 24.8 Å². The van der Waals surface area contributed by atoms with Gasteiger partial charge in [-0.1, -0.05) is 35.9 Å². The van der Waals surface area contributed by atoms with Crippen molar-refractivity contribution < 1.29 is 13.9 Å². The number of carbonyl (C=O) groups is 1. The third-order valence-corrected chi connectivity index (χ3v) is 6.45. The van der Waals surface area contributed by atoms with E-state index in [0.29, 0.717) is 41.1 Å². The second kappa shape index (κ2) is 10.5. The van der Waals surface area contributed by atoms with E-state index in [9.17, 15) is 9.18 Å². The van der Waals surface area contributed by atoms with Gasteiger partial charge in [0.05, 0.1) is 18.1 Å². The molecule has 0 radical (unpaired) electrons. The van der Waals surface area contributed by atoms with Crippen LogP contribution in [-0.4, -0.2) is 56.2 Å². The van der Waals surface area contributed by atoms with Gasteiger partial charge in [-0.25, -0.2) is 9.07 Å². The molecule has 7 nitrogen and oxygen atoms in total. The average Bonchev–Trinajstić information content (AvgIpc) is 3.08. The zero-order chi connectivity index (χ0) is 23.4. The van der Waals surface area contributed by atoms with Gasteiger partial charge in [-0.05, 0) is 42.0 Å². The second-order valence-electron chi connectivity index (χ2n) is 7.92. The number of benzene rings is 2. The van der Waals surface area contributed by atoms with Crippen LogP contribution in [0.5, 0.6) is 5.75 Å². The number of piperazine rings is 1. The third-order valence-electron chi connectivity index (χ3n) is 5.65. The largest absolute Gasteiger partial charge is 0.484 e. The molecule has 0 bridgehead atoms. The minimum Gasteiger partial charge on any atom is -0.484 e. The number of ether oxygens (including phenoxy) is 1. The monoisotopic (exact) mass is 489 g/mol. The number of aromatic nitrogens is 3. The Morgan fingerprint density at radius 2 is 1.82 bits per heavy atom. The highest BCUT2D eigenvalue weighted by Gasteiger charge is 2.22. The summed E-state index contributed by atoms with van der Waals surface area (Å²) in [6.07, 6.45) is 0.278. The Balaban J connectivity index is 1.30. The molecule has 4 rings (SSSR count). The van der Waals surface area contributed by atoms with Crippen LogP contribution in [0, 0.1) is 10.6 Å². The molecule has 0 atom stereocenters. The van der Waals surface area contributed by atoms with Gasteiger partial charge in [0.25, 0.3) is 0 Å². The van der Waals surface area contributed by atoms with Crippen molar-refractivity contribution in [1.82, 2.24) is 24.1 Å². The van der Waals surface area contributed by atoms with E-state index >= 15 is 0 Å². The highest BCUT2D eigenvalue weighted by atomic mass is 35.5. The molecule has 33 heavy (non-hydrogen) atoms. The van der Waals surface area contributed by atoms with Crippen LogP contribution in [0.4, 0.5) is 4.39 Å². The highest BCUT2D eigenvalue weighted by Crippen LogP contribution is 2.24. The fourth-order valence-electron chi connectivity index (χ4n) is 3.67. The van der Waals surface area contributed by atoms with Crippen LogP contribution in [0.25, 0.3) is 0 Å². The Bertz CT molecular complexity index is 1170. The summed E-state index contributed by atoms with van der Waals surface area (Å²) in [7, 11) is 1.86. The first-order valence-corrected chi connectivity index (χ1v) is 11.4. The molecule has 1 fully saturated rings. The summed E-state index contributed by atoms with van der Waals surface area (Å²) < 4.78 is 23.1. The molecular formula is C23H25ClFN5O2S. The predicted octanol–water partition coefficient (Wildman–Crippen LogP) is 3.67. The number of hydrogen-bond donors (Lipinski definition) is 0. The standard InChI is InChI=1S/C23H25ClFN5O2S/c1-27-21(15-32-20-5-3-2-4-19(20)24)26-30(23(27)33)16-28-10-12-29(13-11-28)22(31)14-17-6-8-18(25)9-7-17/h2-9H,10-16H2,1H3. The summed E-state index contributed by atoms with van der Waals surface area (Å²) in [5.41, 5.74) is 0.815. The Hall–Kier alpha value is -2.75. The first-order valence-electron chi connectivity index (χ1n) is 10.7. The van der Waals surface area contributed by atoms with E-state index in [1.165, 1.54) is 12.1 Å². The molecule has 0 spiro atoms. The molecule has 1 saturated heterocycles. The van der Waals surface area contributed by atoms with Gasteiger partial charge < -0.3 is 14.2 Å². The number of halogens is 2. The van der Waals surface area contributed by atoms with Gasteiger partial charge in [-0.2, -0.15) is 5.10 Å². The molecule has 0 N–H and O–H groups in total. The van der Waals surface area contributed by atoms with Crippen molar-refractivity contribution in [1.29, 1.82) is 0 Å². The zero-order valence-electron chi connectivity index (χ0n) is 18.3. The highest BCUT2D eigenvalue weighted by molar-refractivity contribution is 7.71. The lowest BCUT2D eigenvalue weighted by molar-refractivity contribution is -0.132. The van der Waals surface area contributed by atoms with Crippen LogP contribution >= 0.6 is 23.8 Å². The molecule has 0 aliphatic carbocycles. The maximum absolute atomic E-state index is 13.1. The lowest BCUT2D eigenvalue weighted by Gasteiger charge is -2.34. The van der Waals surface area contributed by atoms with Crippen LogP contribution in [0.2, 0.25) is 5.02 Å². The molecule has 1 aromatic heterocycles. The first-order chi connectivity index (χ1) is 15.9. The quantitative estimate of drug-likeness (QED) is 0.474. The average molecular weight is 490 g/mol. The lowest BCUT2D eigenvalue weighted by Crippen LogP contribution is -2.49. The van der Waals surface area contributed by atoms with Crippen molar-refractivity contribution in [3.63, 3.8) is 0 Å². The van der Waals surface area contributed by atoms with Gasteiger partial charge in [0.15, 0.2) is 10.6 Å². The molecule has 2 aromatic carbocycles. The second-order valence-corrected chi connectivity index (χ2v) is 8.69. The van der Waals surface area contributed by atoms with Crippen LogP contribution in [0.3, 0.4) is 0 Å². The molecular weight excluding hydrogens is 465 g/mol. The Kier molecular flexibility index (Phi) is 7.42. The molecule has 0 unspecified atom stereocenters. The van der Waals surface area contributed by atoms with Crippen LogP contribution in [-0.2, 0) is 31.5 Å². The maximum atomic E-state index is 13.1. The lowest BCUT2D eigenvalue weighted by atomic mass is 10.1. The molecule has 1 amide bonds. The van der Waals surface area contributed by atoms with Crippen molar-refractivity contribution in [2.24, 2.45) is 7.05 Å². The molecule has 174 valence electrons. The van der Waals surface area contributed by atoms with Crippen LogP contribution in [0.15, 0.2) is 48.5 Å². The van der Waals surface area contributed by atoms with Gasteiger partial charge in [0.2, 0.25) is 5.91 Å². The van der Waals surface area contributed by atoms with E-state index in [0.717, 1.165) is 18.7 Å². The van der Waals surface area contributed by atoms with Crippen LogP contribution in [0.1, 0.15) is 11.4 Å². The number of para-hydroxylation sites is 1. The summed E-state index contributed by atoms with van der Waals surface area (Å²) >= 11 is 11.7. The van der Waals surface area contributed by atoms with Gasteiger partial charge >= 0.3 is 0 Å². The van der Waals surface area contributed by atoms with E-state index in [1.54, 1.807) is 22.9 Å². The van der Waals surface area contributed by atoms with Crippen molar-refractivity contribution >= 4 is 29.7 Å². The van der Waals surface area contributed by atoms with E-state index in [4.69, 9.17) is 28.6 Å². The third kappa shape index (κ3) is 5.79. The number of amides is 1. The number of rotatable bonds is 7. The van der Waals surface area contributed by atoms with E-state index in [1.807, 2.05) is 34.7 Å². The summed E-state index contributed by atoms with van der Waals surface area (Å²) in [4.78, 5) is 16.6. The van der Waals surface area contributed by atoms with Gasteiger partial charge in [0.1, 0.15) is 18.2 Å². The summed E-state index contributed by atoms with van der Waals surface area (Å²) in [6.45, 7) is 3.49. The van der Waals surface area contributed by atoms with Gasteiger partial charge in [0, 0.05) is 33.2 Å². The molecule has 2 heterocycles. The van der Waals surface area contributed by atoms with Crippen molar-refractivity contribution in [2.75, 3.05) is 26.2 Å². The first kappa shape index (κ1) is 23.4. The summed E-state index contributed by atoms with van der Waals surface area (Å²) in [6, 6.07) is 13.4. The normalized spacial score (nSPS) is 14.5. The smallest absolute Gasteiger partial charge is 0.227 e. The fraction of sp³-hybridized carbons (Fsp3) is 0.348. The minimum atomic E-state index is -0.300. The molecule has 3 aromatic rings. The Labute approximate surface area is 201 Å². The molecule has 10 heteroatoms. The number of hydrogen-bond acceptors (Lipinski definition) is 5. The SMILES string of the molecule is Cn1c(COc2ccccc2Cl)nn(CN2CCN(C(=O)Cc3ccc(F)cc3)CC2)c1=S. The Morgan fingerprint density at radius 1 is 1.12 bits per heavy atom. The number of carbonyl (C=O) groups excluding carboxylic acids is 1. The van der Waals surface area contributed by atoms with Crippen LogP contribution < -0.4 is 4.74 Å². The topological polar surface area (TPSA) is 55.5 Å². The Morgan fingerprint density at radius 3 is 2.52 bits per heavy atom. The maximum Gasteiger partial charge on any atom is 0.227 e.